The van der Waals surface area contributed by atoms with Crippen LogP contribution in [-0.4, -0.2) is 26.5 Å². The van der Waals surface area contributed by atoms with Crippen LogP contribution in [0.2, 0.25) is 0 Å². The molecule has 0 amide bonds. The lowest BCUT2D eigenvalue weighted by Gasteiger charge is -2.13. The van der Waals surface area contributed by atoms with Crippen molar-refractivity contribution in [3.63, 3.8) is 0 Å². The van der Waals surface area contributed by atoms with Crippen molar-refractivity contribution in [1.82, 2.24) is 9.71 Å². The summed E-state index contributed by atoms with van der Waals surface area (Å²) >= 11 is 0. The number of nitrogens with one attached hydrogen (secondary N) is 2. The van der Waals surface area contributed by atoms with Gasteiger partial charge in [0.15, 0.2) is 5.03 Å². The summed E-state index contributed by atoms with van der Waals surface area (Å²) < 4.78 is 27.0. The number of pyridine rings is 1. The SMILES string of the molecule is CNc1cccnc1S(=O)(=O)NC1CCCC1. The van der Waals surface area contributed by atoms with Gasteiger partial charge in [0.2, 0.25) is 0 Å². The number of aromatic nitrogens is 1. The number of sulfonamides is 1. The van der Waals surface area contributed by atoms with Crippen LogP contribution in [0.1, 0.15) is 25.7 Å². The van der Waals surface area contributed by atoms with Crippen molar-refractivity contribution in [2.24, 2.45) is 0 Å². The maximum absolute atomic E-state index is 12.2. The van der Waals surface area contributed by atoms with Gasteiger partial charge in [-0.1, -0.05) is 12.8 Å². The van der Waals surface area contributed by atoms with E-state index in [9.17, 15) is 8.42 Å². The van der Waals surface area contributed by atoms with Gasteiger partial charge in [0, 0.05) is 19.3 Å². The van der Waals surface area contributed by atoms with E-state index >= 15 is 0 Å². The number of hydrogen-bond acceptors (Lipinski definition) is 4. The standard InChI is InChI=1S/C11H17N3O2S/c1-12-10-7-4-8-13-11(10)17(15,16)14-9-5-2-3-6-9/h4,7-9,12,14H,2-3,5-6H2,1H3. The highest BCUT2D eigenvalue weighted by molar-refractivity contribution is 7.89. The lowest BCUT2D eigenvalue weighted by molar-refractivity contribution is 0.549. The first kappa shape index (κ1) is 12.3. The third kappa shape index (κ3) is 2.76. The molecule has 17 heavy (non-hydrogen) atoms. The fourth-order valence-corrected chi connectivity index (χ4v) is 3.56. The van der Waals surface area contributed by atoms with Crippen LogP contribution in [0, 0.1) is 0 Å². The van der Waals surface area contributed by atoms with E-state index in [2.05, 4.69) is 15.0 Å². The molecule has 94 valence electrons. The molecular formula is C11H17N3O2S. The van der Waals surface area contributed by atoms with E-state index in [4.69, 9.17) is 0 Å². The average molecular weight is 255 g/mol. The Bertz CT molecular complexity index is 481. The van der Waals surface area contributed by atoms with Crippen molar-refractivity contribution in [3.05, 3.63) is 18.3 Å². The van der Waals surface area contributed by atoms with Gasteiger partial charge in [-0.25, -0.2) is 18.1 Å². The first-order valence-corrected chi connectivity index (χ1v) is 7.27. The van der Waals surface area contributed by atoms with Crippen molar-refractivity contribution < 1.29 is 8.42 Å². The molecule has 0 aromatic carbocycles. The first-order valence-electron chi connectivity index (χ1n) is 5.78. The summed E-state index contributed by atoms with van der Waals surface area (Å²) in [5.74, 6) is 0. The highest BCUT2D eigenvalue weighted by Gasteiger charge is 2.25. The number of rotatable bonds is 4. The number of hydrogen-bond donors (Lipinski definition) is 2. The third-order valence-corrected chi connectivity index (χ3v) is 4.45. The second kappa shape index (κ2) is 5.01. The van der Waals surface area contributed by atoms with Crippen molar-refractivity contribution >= 4 is 15.7 Å². The van der Waals surface area contributed by atoms with E-state index in [1.807, 2.05) is 0 Å². The normalized spacial score (nSPS) is 17.2. The second-order valence-corrected chi connectivity index (χ2v) is 5.84. The summed E-state index contributed by atoms with van der Waals surface area (Å²) in [4.78, 5) is 3.95. The van der Waals surface area contributed by atoms with Gasteiger partial charge in [-0.15, -0.1) is 0 Å². The largest absolute Gasteiger partial charge is 0.386 e. The molecule has 0 spiro atoms. The molecule has 1 aromatic heterocycles. The van der Waals surface area contributed by atoms with Crippen molar-refractivity contribution in [2.45, 2.75) is 36.8 Å². The van der Waals surface area contributed by atoms with Crippen LogP contribution in [0.4, 0.5) is 5.69 Å². The molecule has 0 bridgehead atoms. The molecule has 2 rings (SSSR count). The Balaban J connectivity index is 2.24. The van der Waals surface area contributed by atoms with E-state index in [1.54, 1.807) is 19.2 Å². The van der Waals surface area contributed by atoms with Crippen LogP contribution in [0.3, 0.4) is 0 Å². The quantitative estimate of drug-likeness (QED) is 0.852. The maximum atomic E-state index is 12.2. The molecule has 0 radical (unpaired) electrons. The lowest BCUT2D eigenvalue weighted by atomic mass is 10.3. The fraction of sp³-hybridized carbons (Fsp3) is 0.545. The molecular weight excluding hydrogens is 238 g/mol. The van der Waals surface area contributed by atoms with Gasteiger partial charge in [-0.3, -0.25) is 0 Å². The minimum atomic E-state index is -3.51. The zero-order valence-corrected chi connectivity index (χ0v) is 10.6. The smallest absolute Gasteiger partial charge is 0.260 e. The average Bonchev–Trinajstić information content (AvgIpc) is 2.81. The molecule has 1 aliphatic carbocycles. The lowest BCUT2D eigenvalue weighted by Crippen LogP contribution is -2.33. The van der Waals surface area contributed by atoms with E-state index < -0.39 is 10.0 Å². The topological polar surface area (TPSA) is 71.1 Å². The van der Waals surface area contributed by atoms with E-state index in [1.165, 1.54) is 6.20 Å². The summed E-state index contributed by atoms with van der Waals surface area (Å²) in [6, 6.07) is 3.48. The van der Waals surface area contributed by atoms with Crippen LogP contribution < -0.4 is 10.0 Å². The molecule has 1 aromatic rings. The van der Waals surface area contributed by atoms with Crippen molar-refractivity contribution in [1.29, 1.82) is 0 Å². The molecule has 0 unspecified atom stereocenters. The van der Waals surface area contributed by atoms with Gasteiger partial charge in [0.25, 0.3) is 10.0 Å². The summed E-state index contributed by atoms with van der Waals surface area (Å²) in [5, 5.41) is 2.92. The number of nitrogens with zero attached hydrogens (tertiary/aromatic N) is 1. The minimum absolute atomic E-state index is 0.0618. The van der Waals surface area contributed by atoms with Crippen molar-refractivity contribution in [2.75, 3.05) is 12.4 Å². The minimum Gasteiger partial charge on any atom is -0.386 e. The molecule has 0 aliphatic heterocycles. The van der Waals surface area contributed by atoms with Crippen LogP contribution in [0.25, 0.3) is 0 Å². The highest BCUT2D eigenvalue weighted by atomic mass is 32.2. The first-order chi connectivity index (χ1) is 8.13. The van der Waals surface area contributed by atoms with Gasteiger partial charge in [-0.2, -0.15) is 0 Å². The Labute approximate surface area is 102 Å². The van der Waals surface area contributed by atoms with E-state index in [0.717, 1.165) is 25.7 Å². The second-order valence-electron chi connectivity index (χ2n) is 4.21. The Morgan fingerprint density at radius 2 is 2.06 bits per heavy atom. The predicted octanol–water partition coefficient (Wildman–Crippen LogP) is 1.34. The van der Waals surface area contributed by atoms with Gasteiger partial charge < -0.3 is 5.32 Å². The molecule has 5 nitrogen and oxygen atoms in total. The molecule has 1 heterocycles. The van der Waals surface area contributed by atoms with Crippen molar-refractivity contribution in [3.8, 4) is 0 Å². The predicted molar refractivity (Wildman–Crippen MR) is 66.4 cm³/mol. The van der Waals surface area contributed by atoms with Crippen LogP contribution in [0.5, 0.6) is 0 Å². The monoisotopic (exact) mass is 255 g/mol. The summed E-state index contributed by atoms with van der Waals surface area (Å²) in [7, 11) is -1.82. The van der Waals surface area contributed by atoms with Gasteiger partial charge in [0.1, 0.15) is 0 Å². The Morgan fingerprint density at radius 3 is 2.71 bits per heavy atom. The van der Waals surface area contributed by atoms with Gasteiger partial charge in [-0.05, 0) is 25.0 Å². The fourth-order valence-electron chi connectivity index (χ4n) is 2.11. The molecule has 2 N–H and O–H groups in total. The zero-order valence-electron chi connectivity index (χ0n) is 9.81. The molecule has 6 heteroatoms. The Kier molecular flexibility index (Phi) is 3.63. The summed E-state index contributed by atoms with van der Waals surface area (Å²) in [6.45, 7) is 0. The van der Waals surface area contributed by atoms with Gasteiger partial charge in [0.05, 0.1) is 5.69 Å². The van der Waals surface area contributed by atoms with Gasteiger partial charge >= 0.3 is 0 Å². The molecule has 1 saturated carbocycles. The molecule has 0 atom stereocenters. The third-order valence-electron chi connectivity index (χ3n) is 2.97. The van der Waals surface area contributed by atoms with Crippen LogP contribution in [-0.2, 0) is 10.0 Å². The highest BCUT2D eigenvalue weighted by Crippen LogP contribution is 2.22. The summed E-state index contributed by atoms with van der Waals surface area (Å²) in [5.41, 5.74) is 0.526. The van der Waals surface area contributed by atoms with E-state index in [0.29, 0.717) is 5.69 Å². The molecule has 1 aliphatic rings. The van der Waals surface area contributed by atoms with Crippen LogP contribution in [0.15, 0.2) is 23.4 Å². The Hall–Kier alpha value is -1.14. The zero-order chi connectivity index (χ0) is 12.3. The van der Waals surface area contributed by atoms with E-state index in [-0.39, 0.29) is 11.1 Å². The number of anilines is 1. The summed E-state index contributed by atoms with van der Waals surface area (Å²) in [6.07, 6.45) is 5.51. The Morgan fingerprint density at radius 1 is 1.35 bits per heavy atom. The maximum Gasteiger partial charge on any atom is 0.260 e. The molecule has 1 fully saturated rings. The van der Waals surface area contributed by atoms with Crippen LogP contribution >= 0.6 is 0 Å². The molecule has 0 saturated heterocycles.